The van der Waals surface area contributed by atoms with Gasteiger partial charge in [0.2, 0.25) is 0 Å². The zero-order chi connectivity index (χ0) is 9.30. The molecule has 1 aromatic rings. The number of imidazole rings is 1. The van der Waals surface area contributed by atoms with Crippen molar-refractivity contribution in [1.29, 1.82) is 0 Å². The van der Waals surface area contributed by atoms with E-state index in [1.807, 2.05) is 6.20 Å². The van der Waals surface area contributed by atoms with Crippen molar-refractivity contribution in [1.82, 2.24) is 9.55 Å². The van der Waals surface area contributed by atoms with E-state index in [4.69, 9.17) is 0 Å². The molecule has 1 heterocycles. The molecule has 0 saturated heterocycles. The molecular formula is C10H18N2. The van der Waals surface area contributed by atoms with Crippen LogP contribution in [0.25, 0.3) is 0 Å². The summed E-state index contributed by atoms with van der Waals surface area (Å²) >= 11 is 0. The monoisotopic (exact) mass is 166 g/mol. The topological polar surface area (TPSA) is 17.8 Å². The van der Waals surface area contributed by atoms with Crippen LogP contribution in [0.15, 0.2) is 6.20 Å². The third-order valence-electron chi connectivity index (χ3n) is 2.17. The van der Waals surface area contributed by atoms with E-state index in [1.165, 1.54) is 11.5 Å². The molecule has 0 bridgehead atoms. The van der Waals surface area contributed by atoms with Gasteiger partial charge in [-0.1, -0.05) is 27.7 Å². The predicted octanol–water partition coefficient (Wildman–Crippen LogP) is 2.67. The third-order valence-corrected chi connectivity index (χ3v) is 2.17. The summed E-state index contributed by atoms with van der Waals surface area (Å²) in [7, 11) is 2.09. The van der Waals surface area contributed by atoms with Crippen molar-refractivity contribution in [3.05, 3.63) is 17.7 Å². The first kappa shape index (κ1) is 9.30. The van der Waals surface area contributed by atoms with Crippen molar-refractivity contribution in [3.63, 3.8) is 0 Å². The molecule has 0 aliphatic carbocycles. The van der Waals surface area contributed by atoms with Gasteiger partial charge in [0.05, 0.1) is 0 Å². The Morgan fingerprint density at radius 1 is 1.17 bits per heavy atom. The number of nitrogens with zero attached hydrogens (tertiary/aromatic N) is 2. The Kier molecular flexibility index (Phi) is 2.55. The average Bonchev–Trinajstić information content (AvgIpc) is 2.30. The lowest BCUT2D eigenvalue weighted by Crippen LogP contribution is -2.04. The standard InChI is InChI=1S/C10H18N2/c1-7(2)9-6-11-10(8(3)4)12(9)5/h6-8H,1-5H3. The lowest BCUT2D eigenvalue weighted by molar-refractivity contribution is 0.665. The Morgan fingerprint density at radius 3 is 2.00 bits per heavy atom. The number of rotatable bonds is 2. The Bertz CT molecular complexity index is 233. The fourth-order valence-electron chi connectivity index (χ4n) is 1.51. The van der Waals surface area contributed by atoms with Crippen LogP contribution in [0.3, 0.4) is 0 Å². The van der Waals surface area contributed by atoms with Gasteiger partial charge in [-0.3, -0.25) is 0 Å². The van der Waals surface area contributed by atoms with Crippen molar-refractivity contribution in [2.75, 3.05) is 0 Å². The van der Waals surface area contributed by atoms with Gasteiger partial charge in [0.15, 0.2) is 0 Å². The highest BCUT2D eigenvalue weighted by Crippen LogP contribution is 2.19. The van der Waals surface area contributed by atoms with Crippen LogP contribution in [-0.2, 0) is 7.05 Å². The molecule has 0 atom stereocenters. The zero-order valence-electron chi connectivity index (χ0n) is 8.63. The van der Waals surface area contributed by atoms with Crippen LogP contribution in [-0.4, -0.2) is 9.55 Å². The van der Waals surface area contributed by atoms with Crippen LogP contribution in [0.2, 0.25) is 0 Å². The highest BCUT2D eigenvalue weighted by Gasteiger charge is 2.11. The maximum absolute atomic E-state index is 4.40. The van der Waals surface area contributed by atoms with Gasteiger partial charge in [0.25, 0.3) is 0 Å². The molecule has 2 nitrogen and oxygen atoms in total. The first-order chi connectivity index (χ1) is 5.54. The summed E-state index contributed by atoms with van der Waals surface area (Å²) in [5.74, 6) is 2.26. The molecule has 12 heavy (non-hydrogen) atoms. The summed E-state index contributed by atoms with van der Waals surface area (Å²) < 4.78 is 2.20. The molecule has 0 aromatic carbocycles. The first-order valence-corrected chi connectivity index (χ1v) is 4.55. The van der Waals surface area contributed by atoms with E-state index < -0.39 is 0 Å². The van der Waals surface area contributed by atoms with Gasteiger partial charge in [-0.2, -0.15) is 0 Å². The van der Waals surface area contributed by atoms with E-state index in [9.17, 15) is 0 Å². The molecule has 0 unspecified atom stereocenters. The lowest BCUT2D eigenvalue weighted by atomic mass is 10.1. The maximum atomic E-state index is 4.40. The fraction of sp³-hybridized carbons (Fsp3) is 0.700. The van der Waals surface area contributed by atoms with Crippen LogP contribution in [0.4, 0.5) is 0 Å². The molecule has 1 rings (SSSR count). The maximum Gasteiger partial charge on any atom is 0.111 e. The Balaban J connectivity index is 3.04. The summed E-state index contributed by atoms with van der Waals surface area (Å²) in [4.78, 5) is 4.40. The second-order valence-corrected chi connectivity index (χ2v) is 3.91. The van der Waals surface area contributed by atoms with Crippen LogP contribution < -0.4 is 0 Å². The van der Waals surface area contributed by atoms with E-state index >= 15 is 0 Å². The predicted molar refractivity (Wildman–Crippen MR) is 51.4 cm³/mol. The van der Waals surface area contributed by atoms with Crippen molar-refractivity contribution >= 4 is 0 Å². The molecule has 0 aliphatic heterocycles. The van der Waals surface area contributed by atoms with E-state index in [0.717, 1.165) is 0 Å². The van der Waals surface area contributed by atoms with Gasteiger partial charge in [-0.15, -0.1) is 0 Å². The lowest BCUT2D eigenvalue weighted by Gasteiger charge is -2.09. The van der Waals surface area contributed by atoms with Crippen molar-refractivity contribution in [2.24, 2.45) is 7.05 Å². The van der Waals surface area contributed by atoms with Gasteiger partial charge < -0.3 is 4.57 Å². The van der Waals surface area contributed by atoms with E-state index in [1.54, 1.807) is 0 Å². The summed E-state index contributed by atoms with van der Waals surface area (Å²) in [5.41, 5.74) is 1.32. The molecule has 2 heteroatoms. The van der Waals surface area contributed by atoms with Crippen molar-refractivity contribution in [2.45, 2.75) is 39.5 Å². The second kappa shape index (κ2) is 3.30. The Labute approximate surface area is 74.6 Å². The second-order valence-electron chi connectivity index (χ2n) is 3.91. The fourth-order valence-corrected chi connectivity index (χ4v) is 1.51. The van der Waals surface area contributed by atoms with Gasteiger partial charge in [-0.05, 0) is 5.92 Å². The minimum absolute atomic E-state index is 0.516. The molecular weight excluding hydrogens is 148 g/mol. The molecule has 0 fully saturated rings. The third kappa shape index (κ3) is 1.52. The highest BCUT2D eigenvalue weighted by molar-refractivity contribution is 5.10. The minimum Gasteiger partial charge on any atom is -0.335 e. The smallest absolute Gasteiger partial charge is 0.111 e. The van der Waals surface area contributed by atoms with Crippen molar-refractivity contribution in [3.8, 4) is 0 Å². The highest BCUT2D eigenvalue weighted by atomic mass is 15.1. The summed E-state index contributed by atoms with van der Waals surface area (Å²) in [6.07, 6.45) is 1.99. The zero-order valence-corrected chi connectivity index (χ0v) is 8.63. The molecule has 0 amide bonds. The van der Waals surface area contributed by atoms with Gasteiger partial charge in [0.1, 0.15) is 5.82 Å². The molecule has 0 saturated carbocycles. The van der Waals surface area contributed by atoms with E-state index in [-0.39, 0.29) is 0 Å². The average molecular weight is 166 g/mol. The molecule has 0 spiro atoms. The molecule has 0 N–H and O–H groups in total. The van der Waals surface area contributed by atoms with E-state index in [2.05, 4.69) is 44.3 Å². The van der Waals surface area contributed by atoms with Crippen LogP contribution in [0.5, 0.6) is 0 Å². The summed E-state index contributed by atoms with van der Waals surface area (Å²) in [5, 5.41) is 0. The summed E-state index contributed by atoms with van der Waals surface area (Å²) in [6.45, 7) is 8.74. The van der Waals surface area contributed by atoms with Crippen LogP contribution in [0.1, 0.15) is 51.0 Å². The largest absolute Gasteiger partial charge is 0.335 e. The normalized spacial score (nSPS) is 11.6. The number of hydrogen-bond donors (Lipinski definition) is 0. The quantitative estimate of drug-likeness (QED) is 0.660. The molecule has 0 radical (unpaired) electrons. The molecule has 1 aromatic heterocycles. The van der Waals surface area contributed by atoms with Gasteiger partial charge >= 0.3 is 0 Å². The number of hydrogen-bond acceptors (Lipinski definition) is 1. The van der Waals surface area contributed by atoms with Crippen LogP contribution >= 0.6 is 0 Å². The van der Waals surface area contributed by atoms with Crippen molar-refractivity contribution < 1.29 is 0 Å². The van der Waals surface area contributed by atoms with Gasteiger partial charge in [-0.25, -0.2) is 4.98 Å². The molecule has 0 aliphatic rings. The Morgan fingerprint density at radius 2 is 1.75 bits per heavy atom. The number of aromatic nitrogens is 2. The minimum atomic E-state index is 0.516. The summed E-state index contributed by atoms with van der Waals surface area (Å²) in [6, 6.07) is 0. The molecule has 68 valence electrons. The van der Waals surface area contributed by atoms with Crippen LogP contribution in [0, 0.1) is 0 Å². The van der Waals surface area contributed by atoms with Gasteiger partial charge in [0, 0.05) is 24.9 Å². The van der Waals surface area contributed by atoms with E-state index in [0.29, 0.717) is 11.8 Å². The SMILES string of the molecule is CC(C)c1cnc(C(C)C)n1C. The Hall–Kier alpha value is -0.790. The first-order valence-electron chi connectivity index (χ1n) is 4.55.